The van der Waals surface area contributed by atoms with Gasteiger partial charge in [0.2, 0.25) is 6.29 Å². The molecule has 0 aliphatic carbocycles. The maximum atomic E-state index is 12.2. The van der Waals surface area contributed by atoms with Crippen LogP contribution in [0, 0.1) is 0 Å². The first-order valence-electron chi connectivity index (χ1n) is 3.83. The number of hydrogen-bond donors (Lipinski definition) is 0. The van der Waals surface area contributed by atoms with Gasteiger partial charge in [0.05, 0.1) is 11.1 Å². The highest BCUT2D eigenvalue weighted by atomic mass is 19.4. The molecule has 0 bridgehead atoms. The van der Waals surface area contributed by atoms with Gasteiger partial charge in [-0.1, -0.05) is 0 Å². The van der Waals surface area contributed by atoms with Crippen LogP contribution in [0.1, 0.15) is 16.7 Å². The van der Waals surface area contributed by atoms with Crippen molar-refractivity contribution in [1.29, 1.82) is 0 Å². The van der Waals surface area contributed by atoms with Gasteiger partial charge in [0, 0.05) is 5.56 Å². The summed E-state index contributed by atoms with van der Waals surface area (Å²) in [6.45, 7) is 0. The summed E-state index contributed by atoms with van der Waals surface area (Å²) in [7, 11) is 0. The van der Waals surface area contributed by atoms with Crippen molar-refractivity contribution in [2.24, 2.45) is 0 Å². The first-order valence-corrected chi connectivity index (χ1v) is 3.83. The van der Waals surface area contributed by atoms with E-state index in [1.807, 2.05) is 0 Å². The van der Waals surface area contributed by atoms with E-state index in [1.54, 1.807) is 0 Å². The van der Waals surface area contributed by atoms with Crippen LogP contribution in [0.4, 0.5) is 26.3 Å². The highest BCUT2D eigenvalue weighted by Gasteiger charge is 2.37. The molecule has 0 saturated carbocycles. The molecule has 0 aromatic heterocycles. The van der Waals surface area contributed by atoms with E-state index in [2.05, 4.69) is 0 Å². The van der Waals surface area contributed by atoms with Crippen LogP contribution >= 0.6 is 0 Å². The molecule has 0 spiro atoms. The lowest BCUT2D eigenvalue weighted by molar-refractivity contribution is -0.141. The average Bonchev–Trinajstić information content (AvgIpc) is 2.14. The Bertz CT molecular complexity index is 403. The third-order valence-electron chi connectivity index (χ3n) is 1.76. The Balaban J connectivity index is 3.34. The van der Waals surface area contributed by atoms with Crippen LogP contribution in [0.5, 0.6) is 0 Å². The van der Waals surface area contributed by atoms with E-state index in [0.717, 1.165) is 6.29 Å². The normalized spacial score (nSPS) is 12.6. The summed E-state index contributed by atoms with van der Waals surface area (Å²) in [5.41, 5.74) is -3.91. The lowest BCUT2D eigenvalue weighted by atomic mass is 10.0. The predicted octanol–water partition coefficient (Wildman–Crippen LogP) is 3.18. The topological polar surface area (TPSA) is 17.1 Å². The van der Waals surface area contributed by atoms with Crippen molar-refractivity contribution in [3.8, 4) is 0 Å². The molecule has 1 rings (SSSR count). The Labute approximate surface area is 85.7 Å². The highest BCUT2D eigenvalue weighted by Crippen LogP contribution is 2.35. The summed E-state index contributed by atoms with van der Waals surface area (Å²) in [6, 6.07) is 0.600. The minimum Gasteiger partial charge on any atom is -0.285 e. The van der Waals surface area contributed by atoms with Gasteiger partial charge in [-0.05, 0) is 18.2 Å². The third kappa shape index (κ3) is 2.53. The van der Waals surface area contributed by atoms with Gasteiger partial charge in [-0.2, -0.15) is 26.3 Å². The molecule has 0 fully saturated rings. The SMILES string of the molecule is O=[C]c1cc(C(F)(F)F)ccc1C(F)(F)F. The van der Waals surface area contributed by atoms with E-state index in [-0.39, 0.29) is 18.2 Å². The van der Waals surface area contributed by atoms with E-state index in [9.17, 15) is 31.1 Å². The Kier molecular flexibility index (Phi) is 2.98. The Morgan fingerprint density at radius 1 is 0.938 bits per heavy atom. The van der Waals surface area contributed by atoms with Crippen molar-refractivity contribution in [1.82, 2.24) is 0 Å². The summed E-state index contributed by atoms with van der Waals surface area (Å²) >= 11 is 0. The molecule has 1 radical (unpaired) electrons. The Hall–Kier alpha value is -1.53. The fraction of sp³-hybridized carbons (Fsp3) is 0.222. The molecule has 0 unspecified atom stereocenters. The van der Waals surface area contributed by atoms with Crippen LogP contribution < -0.4 is 0 Å². The second kappa shape index (κ2) is 3.80. The Morgan fingerprint density at radius 3 is 1.88 bits per heavy atom. The molecule has 87 valence electrons. The van der Waals surface area contributed by atoms with Crippen LogP contribution in [0.15, 0.2) is 18.2 Å². The molecule has 0 aliphatic rings. The highest BCUT2D eigenvalue weighted by molar-refractivity contribution is 5.78. The number of hydrogen-bond acceptors (Lipinski definition) is 1. The van der Waals surface area contributed by atoms with E-state index >= 15 is 0 Å². The van der Waals surface area contributed by atoms with Crippen LogP contribution in [-0.4, -0.2) is 6.29 Å². The molecular formula is C9H3F6O. The first-order chi connectivity index (χ1) is 7.16. The summed E-state index contributed by atoms with van der Waals surface area (Å²) in [6.07, 6.45) is -8.83. The molecule has 1 nitrogen and oxygen atoms in total. The molecule has 0 N–H and O–H groups in total. The van der Waals surface area contributed by atoms with Gasteiger partial charge in [0.15, 0.2) is 0 Å². The molecule has 0 aliphatic heterocycles. The summed E-state index contributed by atoms with van der Waals surface area (Å²) in [5, 5.41) is 0. The Morgan fingerprint density at radius 2 is 1.50 bits per heavy atom. The summed E-state index contributed by atoms with van der Waals surface area (Å²) in [4.78, 5) is 10.2. The van der Waals surface area contributed by atoms with Crippen LogP contribution in [0.2, 0.25) is 0 Å². The van der Waals surface area contributed by atoms with E-state index in [4.69, 9.17) is 0 Å². The number of alkyl halides is 6. The molecule has 0 heterocycles. The quantitative estimate of drug-likeness (QED) is 0.690. The molecule has 7 heteroatoms. The molecule has 0 amide bonds. The molecule has 1 aromatic rings. The molecule has 1 aromatic carbocycles. The fourth-order valence-corrected chi connectivity index (χ4v) is 1.05. The van der Waals surface area contributed by atoms with E-state index < -0.39 is 29.0 Å². The van der Waals surface area contributed by atoms with Gasteiger partial charge in [0.1, 0.15) is 0 Å². The smallest absolute Gasteiger partial charge is 0.285 e. The zero-order valence-electron chi connectivity index (χ0n) is 7.41. The van der Waals surface area contributed by atoms with Crippen molar-refractivity contribution in [3.05, 3.63) is 34.9 Å². The lowest BCUT2D eigenvalue weighted by Crippen LogP contribution is -2.12. The first kappa shape index (κ1) is 12.5. The zero-order chi connectivity index (χ0) is 12.6. The number of rotatable bonds is 1. The van der Waals surface area contributed by atoms with Crippen LogP contribution in [-0.2, 0) is 17.1 Å². The van der Waals surface area contributed by atoms with Gasteiger partial charge in [-0.15, -0.1) is 0 Å². The average molecular weight is 241 g/mol. The molecule has 0 saturated heterocycles. The van der Waals surface area contributed by atoms with Gasteiger partial charge in [0.25, 0.3) is 0 Å². The number of halogens is 6. The predicted molar refractivity (Wildman–Crippen MR) is 41.2 cm³/mol. The van der Waals surface area contributed by atoms with Crippen molar-refractivity contribution in [2.45, 2.75) is 12.4 Å². The molecular weight excluding hydrogens is 238 g/mol. The van der Waals surface area contributed by atoms with Crippen molar-refractivity contribution in [3.63, 3.8) is 0 Å². The minimum absolute atomic E-state index is 0.121. The van der Waals surface area contributed by atoms with Crippen LogP contribution in [0.3, 0.4) is 0 Å². The van der Waals surface area contributed by atoms with Crippen molar-refractivity contribution >= 4 is 6.29 Å². The second-order valence-corrected chi connectivity index (χ2v) is 2.86. The molecule has 0 atom stereocenters. The maximum absolute atomic E-state index is 12.2. The third-order valence-corrected chi connectivity index (χ3v) is 1.76. The van der Waals surface area contributed by atoms with Gasteiger partial charge in [-0.25, -0.2) is 0 Å². The largest absolute Gasteiger partial charge is 0.417 e. The second-order valence-electron chi connectivity index (χ2n) is 2.86. The number of carbonyl (C=O) groups excluding carboxylic acids is 1. The molecule has 16 heavy (non-hydrogen) atoms. The van der Waals surface area contributed by atoms with Crippen LogP contribution in [0.25, 0.3) is 0 Å². The van der Waals surface area contributed by atoms with Gasteiger partial charge >= 0.3 is 12.4 Å². The minimum atomic E-state index is -4.88. The van der Waals surface area contributed by atoms with Crippen molar-refractivity contribution < 1.29 is 31.1 Å². The number of benzene rings is 1. The van der Waals surface area contributed by atoms with Gasteiger partial charge in [-0.3, -0.25) is 4.79 Å². The monoisotopic (exact) mass is 241 g/mol. The standard InChI is InChI=1S/C9H3F6O/c10-8(11,12)6-1-2-7(9(13,14)15)5(3-6)4-16/h1-3H. The van der Waals surface area contributed by atoms with E-state index in [0.29, 0.717) is 0 Å². The zero-order valence-corrected chi connectivity index (χ0v) is 7.41. The lowest BCUT2D eigenvalue weighted by Gasteiger charge is -2.12. The van der Waals surface area contributed by atoms with E-state index in [1.165, 1.54) is 0 Å². The summed E-state index contributed by atoms with van der Waals surface area (Å²) in [5.74, 6) is 0. The fourth-order valence-electron chi connectivity index (χ4n) is 1.05. The maximum Gasteiger partial charge on any atom is 0.417 e. The summed E-state index contributed by atoms with van der Waals surface area (Å²) < 4.78 is 73.0. The van der Waals surface area contributed by atoms with Gasteiger partial charge < -0.3 is 0 Å². The van der Waals surface area contributed by atoms with Crippen molar-refractivity contribution in [2.75, 3.05) is 0 Å².